The third kappa shape index (κ3) is 3.12. The lowest BCUT2D eigenvalue weighted by Crippen LogP contribution is -2.20. The molecule has 0 spiro atoms. The number of fused-ring (bicyclic) bond motifs is 1. The maximum absolute atomic E-state index is 5.55. The lowest BCUT2D eigenvalue weighted by Gasteiger charge is -2.23. The number of aromatic nitrogens is 1. The van der Waals surface area contributed by atoms with Gasteiger partial charge in [-0.15, -0.1) is 11.3 Å². The molecule has 0 amide bonds. The summed E-state index contributed by atoms with van der Waals surface area (Å²) >= 11 is 1.73. The molecule has 2 aromatic carbocycles. The fraction of sp³-hybridized carbons (Fsp3) is 0.318. The quantitative estimate of drug-likeness (QED) is 0.662. The summed E-state index contributed by atoms with van der Waals surface area (Å²) < 4.78 is 11.0. The first-order valence-corrected chi connectivity index (χ1v) is 10.3. The number of nitrogens with one attached hydrogen (secondary N) is 1. The Bertz CT molecular complexity index is 982. The highest BCUT2D eigenvalue weighted by Crippen LogP contribution is 2.51. The molecule has 1 saturated carbocycles. The van der Waals surface area contributed by atoms with E-state index in [0.29, 0.717) is 6.79 Å². The first kappa shape index (κ1) is 17.5. The van der Waals surface area contributed by atoms with Crippen LogP contribution in [-0.2, 0) is 5.54 Å². The van der Waals surface area contributed by atoms with Crippen LogP contribution >= 0.6 is 11.3 Å². The van der Waals surface area contributed by atoms with Crippen molar-refractivity contribution >= 4 is 16.5 Å². The second kappa shape index (κ2) is 6.79. The Kier molecular flexibility index (Phi) is 4.25. The van der Waals surface area contributed by atoms with Crippen molar-refractivity contribution < 1.29 is 9.47 Å². The molecule has 1 atom stereocenters. The van der Waals surface area contributed by atoms with Crippen molar-refractivity contribution in [2.45, 2.75) is 24.4 Å². The number of hydrogen-bond donors (Lipinski definition) is 1. The van der Waals surface area contributed by atoms with Crippen LogP contribution in [0.25, 0.3) is 0 Å². The average molecular weight is 394 g/mol. The second-order valence-corrected chi connectivity index (χ2v) is 8.68. The Labute approximate surface area is 168 Å². The number of nitrogens with zero attached hydrogens (tertiary/aromatic N) is 2. The molecule has 144 valence electrons. The fourth-order valence-corrected chi connectivity index (χ4v) is 4.97. The highest BCUT2D eigenvalue weighted by molar-refractivity contribution is 7.15. The highest BCUT2D eigenvalue weighted by Gasteiger charge is 2.45. The molecule has 1 fully saturated rings. The molecule has 6 heteroatoms. The van der Waals surface area contributed by atoms with Gasteiger partial charge in [-0.2, -0.15) is 0 Å². The van der Waals surface area contributed by atoms with Gasteiger partial charge >= 0.3 is 0 Å². The largest absolute Gasteiger partial charge is 0.454 e. The number of benzene rings is 2. The minimum Gasteiger partial charge on any atom is -0.454 e. The Hall–Kier alpha value is -2.57. The van der Waals surface area contributed by atoms with E-state index in [-0.39, 0.29) is 11.6 Å². The van der Waals surface area contributed by atoms with Gasteiger partial charge in [0.05, 0.1) is 11.6 Å². The summed E-state index contributed by atoms with van der Waals surface area (Å²) in [6.45, 7) is 0.306. The van der Waals surface area contributed by atoms with Gasteiger partial charge in [0.15, 0.2) is 16.6 Å². The topological polar surface area (TPSA) is 46.6 Å². The molecule has 2 heterocycles. The number of ether oxygens (including phenoxy) is 2. The van der Waals surface area contributed by atoms with Gasteiger partial charge < -0.3 is 14.8 Å². The monoisotopic (exact) mass is 393 g/mol. The summed E-state index contributed by atoms with van der Waals surface area (Å²) in [4.78, 5) is 8.16. The maximum Gasteiger partial charge on any atom is 0.231 e. The zero-order valence-electron chi connectivity index (χ0n) is 16.0. The van der Waals surface area contributed by atoms with Crippen molar-refractivity contribution in [2.24, 2.45) is 0 Å². The van der Waals surface area contributed by atoms with Crippen LogP contribution in [-0.4, -0.2) is 30.8 Å². The first-order valence-electron chi connectivity index (χ1n) is 9.50. The van der Waals surface area contributed by atoms with Crippen molar-refractivity contribution in [1.29, 1.82) is 0 Å². The van der Waals surface area contributed by atoms with Crippen LogP contribution in [0.4, 0.5) is 5.13 Å². The zero-order valence-corrected chi connectivity index (χ0v) is 16.8. The Morgan fingerprint density at radius 2 is 1.86 bits per heavy atom. The average Bonchev–Trinajstić information content (AvgIpc) is 3.11. The van der Waals surface area contributed by atoms with Gasteiger partial charge in [-0.25, -0.2) is 4.98 Å². The van der Waals surface area contributed by atoms with Crippen molar-refractivity contribution in [3.63, 3.8) is 0 Å². The number of thiazole rings is 1. The molecular formula is C22H23N3O2S. The van der Waals surface area contributed by atoms with E-state index in [1.807, 2.05) is 12.3 Å². The number of anilines is 1. The molecule has 1 aliphatic carbocycles. The summed E-state index contributed by atoms with van der Waals surface area (Å²) in [6.07, 6.45) is 4.19. The van der Waals surface area contributed by atoms with Gasteiger partial charge in [-0.1, -0.05) is 36.4 Å². The van der Waals surface area contributed by atoms with E-state index in [4.69, 9.17) is 14.5 Å². The van der Waals surface area contributed by atoms with Gasteiger partial charge in [0.25, 0.3) is 0 Å². The molecular weight excluding hydrogens is 370 g/mol. The van der Waals surface area contributed by atoms with Gasteiger partial charge in [0.1, 0.15) is 0 Å². The molecule has 28 heavy (non-hydrogen) atoms. The van der Waals surface area contributed by atoms with E-state index in [0.717, 1.165) is 29.5 Å². The third-order valence-electron chi connectivity index (χ3n) is 5.45. The van der Waals surface area contributed by atoms with Crippen molar-refractivity contribution in [1.82, 2.24) is 9.88 Å². The molecule has 1 aliphatic heterocycles. The van der Waals surface area contributed by atoms with Gasteiger partial charge in [0.2, 0.25) is 6.79 Å². The van der Waals surface area contributed by atoms with Crippen LogP contribution in [0, 0.1) is 0 Å². The van der Waals surface area contributed by atoms with E-state index in [9.17, 15) is 0 Å². The molecule has 0 radical (unpaired) electrons. The zero-order chi connectivity index (χ0) is 19.1. The summed E-state index contributed by atoms with van der Waals surface area (Å²) in [5.74, 6) is 1.66. The number of hydrogen-bond acceptors (Lipinski definition) is 6. The summed E-state index contributed by atoms with van der Waals surface area (Å²) in [6, 6.07) is 17.0. The van der Waals surface area contributed by atoms with Gasteiger partial charge in [-0.05, 0) is 50.2 Å². The Morgan fingerprint density at radius 3 is 2.61 bits per heavy atom. The minimum absolute atomic E-state index is 0.0452. The summed E-state index contributed by atoms with van der Waals surface area (Å²) in [7, 11) is 4.22. The predicted octanol–water partition coefficient (Wildman–Crippen LogP) is 4.62. The van der Waals surface area contributed by atoms with E-state index < -0.39 is 0 Å². The van der Waals surface area contributed by atoms with E-state index in [2.05, 4.69) is 66.8 Å². The predicted molar refractivity (Wildman–Crippen MR) is 111 cm³/mol. The van der Waals surface area contributed by atoms with Crippen LogP contribution < -0.4 is 14.8 Å². The van der Waals surface area contributed by atoms with Gasteiger partial charge in [0, 0.05) is 11.1 Å². The fourth-order valence-electron chi connectivity index (χ4n) is 3.83. The van der Waals surface area contributed by atoms with Crippen molar-refractivity contribution in [2.75, 3.05) is 26.2 Å². The standard InChI is InChI=1S/C22H23N3O2S/c1-25(2)20(15-6-4-3-5-7-15)19-13-23-21(28-19)24-22(10-11-22)16-8-9-17-18(12-16)27-14-26-17/h3-9,12-13,20H,10-11,14H2,1-2H3,(H,23,24). The third-order valence-corrected chi connectivity index (χ3v) is 6.41. The van der Waals surface area contributed by atoms with Crippen LogP contribution in [0.3, 0.4) is 0 Å². The Morgan fingerprint density at radius 1 is 1.07 bits per heavy atom. The van der Waals surface area contributed by atoms with Crippen molar-refractivity contribution in [3.05, 3.63) is 70.7 Å². The smallest absolute Gasteiger partial charge is 0.231 e. The molecule has 0 bridgehead atoms. The minimum atomic E-state index is -0.0452. The summed E-state index contributed by atoms with van der Waals surface area (Å²) in [5, 5.41) is 4.66. The van der Waals surface area contributed by atoms with Crippen LogP contribution in [0.1, 0.15) is 34.9 Å². The van der Waals surface area contributed by atoms with Crippen LogP contribution in [0.15, 0.2) is 54.7 Å². The van der Waals surface area contributed by atoms with Crippen molar-refractivity contribution in [3.8, 4) is 11.5 Å². The Balaban J connectivity index is 1.39. The van der Waals surface area contributed by atoms with E-state index in [1.165, 1.54) is 16.0 Å². The molecule has 5 nitrogen and oxygen atoms in total. The van der Waals surface area contributed by atoms with Crippen LogP contribution in [0.2, 0.25) is 0 Å². The van der Waals surface area contributed by atoms with Gasteiger partial charge in [-0.3, -0.25) is 4.90 Å². The molecule has 0 saturated heterocycles. The second-order valence-electron chi connectivity index (χ2n) is 7.62. The lowest BCUT2D eigenvalue weighted by atomic mass is 10.0. The van der Waals surface area contributed by atoms with E-state index in [1.54, 1.807) is 11.3 Å². The van der Waals surface area contributed by atoms with E-state index >= 15 is 0 Å². The molecule has 1 aromatic heterocycles. The maximum atomic E-state index is 5.55. The molecule has 1 unspecified atom stereocenters. The highest BCUT2D eigenvalue weighted by atomic mass is 32.1. The normalized spacial score (nSPS) is 17.5. The molecule has 3 aromatic rings. The molecule has 2 aliphatic rings. The first-order chi connectivity index (χ1) is 13.6. The lowest BCUT2D eigenvalue weighted by molar-refractivity contribution is 0.174. The molecule has 1 N–H and O–H groups in total. The summed E-state index contributed by atoms with van der Waals surface area (Å²) in [5.41, 5.74) is 2.47. The SMILES string of the molecule is CN(C)C(c1ccccc1)c1cnc(NC2(c3ccc4c(c3)OCO4)CC2)s1. The molecule has 5 rings (SSSR count). The number of rotatable bonds is 6. The van der Waals surface area contributed by atoms with Crippen LogP contribution in [0.5, 0.6) is 11.5 Å².